The molecule has 1 amide bonds. The lowest BCUT2D eigenvalue weighted by Crippen LogP contribution is -2.05. The molecular weight excluding hydrogens is 190 g/mol. The van der Waals surface area contributed by atoms with Gasteiger partial charge in [-0.1, -0.05) is 24.3 Å². The van der Waals surface area contributed by atoms with E-state index in [-0.39, 0.29) is 6.61 Å². The van der Waals surface area contributed by atoms with Crippen molar-refractivity contribution in [3.05, 3.63) is 41.5 Å². The van der Waals surface area contributed by atoms with Gasteiger partial charge >= 0.3 is 0 Å². The summed E-state index contributed by atoms with van der Waals surface area (Å²) in [5, 5.41) is 8.66. The van der Waals surface area contributed by atoms with Crippen LogP contribution in [0.25, 0.3) is 6.08 Å². The number of amides is 1. The van der Waals surface area contributed by atoms with Crippen LogP contribution in [0.15, 0.2) is 30.3 Å². The lowest BCUT2D eigenvalue weighted by Gasteiger charge is -1.99. The van der Waals surface area contributed by atoms with Gasteiger partial charge in [0.05, 0.1) is 0 Å². The van der Waals surface area contributed by atoms with Crippen molar-refractivity contribution in [1.29, 1.82) is 0 Å². The van der Waals surface area contributed by atoms with Crippen molar-refractivity contribution in [3.8, 4) is 0 Å². The zero-order chi connectivity index (χ0) is 11.1. The second-order valence-corrected chi connectivity index (χ2v) is 3.30. The topological polar surface area (TPSA) is 63.3 Å². The Kier molecular flexibility index (Phi) is 4.57. The summed E-state index contributed by atoms with van der Waals surface area (Å²) in [7, 11) is 0. The van der Waals surface area contributed by atoms with Gasteiger partial charge in [0.1, 0.15) is 0 Å². The summed E-state index contributed by atoms with van der Waals surface area (Å²) in [5.74, 6) is -0.445. The first kappa shape index (κ1) is 11.5. The minimum atomic E-state index is -0.445. The first-order valence-electron chi connectivity index (χ1n) is 4.89. The maximum Gasteiger partial charge on any atom is 0.241 e. The molecule has 3 heteroatoms. The number of carbonyl (C=O) groups is 1. The van der Waals surface area contributed by atoms with Crippen molar-refractivity contribution in [1.82, 2.24) is 0 Å². The smallest absolute Gasteiger partial charge is 0.241 e. The molecule has 0 radical (unpaired) electrons. The van der Waals surface area contributed by atoms with Crippen LogP contribution >= 0.6 is 0 Å². The molecule has 0 aromatic heterocycles. The molecule has 0 saturated heterocycles. The van der Waals surface area contributed by atoms with Crippen LogP contribution in [-0.4, -0.2) is 17.6 Å². The zero-order valence-corrected chi connectivity index (χ0v) is 8.52. The molecule has 0 atom stereocenters. The summed E-state index contributed by atoms with van der Waals surface area (Å²) in [5.41, 5.74) is 7.11. The van der Waals surface area contributed by atoms with Crippen LogP contribution in [0.2, 0.25) is 0 Å². The molecule has 0 unspecified atom stereocenters. The third-order valence-electron chi connectivity index (χ3n) is 2.04. The van der Waals surface area contributed by atoms with Crippen molar-refractivity contribution in [2.75, 3.05) is 6.61 Å². The van der Waals surface area contributed by atoms with Gasteiger partial charge in [0.2, 0.25) is 5.91 Å². The highest BCUT2D eigenvalue weighted by molar-refractivity contribution is 5.90. The summed E-state index contributed by atoms with van der Waals surface area (Å²) in [4.78, 5) is 10.5. The minimum absolute atomic E-state index is 0.212. The molecule has 1 aromatic rings. The number of aliphatic hydroxyl groups excluding tert-OH is 1. The van der Waals surface area contributed by atoms with E-state index >= 15 is 0 Å². The average Bonchev–Trinajstić information content (AvgIpc) is 2.25. The third-order valence-corrected chi connectivity index (χ3v) is 2.04. The van der Waals surface area contributed by atoms with Crippen molar-refractivity contribution in [2.24, 2.45) is 5.73 Å². The highest BCUT2D eigenvalue weighted by Gasteiger charge is 1.93. The molecule has 0 bridgehead atoms. The lowest BCUT2D eigenvalue weighted by atomic mass is 10.1. The highest BCUT2D eigenvalue weighted by Crippen LogP contribution is 2.07. The van der Waals surface area contributed by atoms with Gasteiger partial charge in [-0.05, 0) is 30.0 Å². The van der Waals surface area contributed by atoms with Crippen LogP contribution in [-0.2, 0) is 11.2 Å². The Labute approximate surface area is 89.2 Å². The molecule has 0 aliphatic carbocycles. The van der Waals surface area contributed by atoms with Crippen LogP contribution in [0.5, 0.6) is 0 Å². The number of nitrogens with two attached hydrogens (primary N) is 1. The van der Waals surface area contributed by atoms with Crippen molar-refractivity contribution >= 4 is 12.0 Å². The third kappa shape index (κ3) is 4.42. The van der Waals surface area contributed by atoms with E-state index in [1.165, 1.54) is 11.6 Å². The SMILES string of the molecule is NC(=O)C=Cc1ccc(CCCO)cc1. The van der Waals surface area contributed by atoms with Crippen LogP contribution < -0.4 is 5.73 Å². The molecule has 0 aliphatic rings. The van der Waals surface area contributed by atoms with Crippen LogP contribution in [0.3, 0.4) is 0 Å². The van der Waals surface area contributed by atoms with E-state index < -0.39 is 5.91 Å². The summed E-state index contributed by atoms with van der Waals surface area (Å²) < 4.78 is 0. The van der Waals surface area contributed by atoms with Gasteiger partial charge in [-0.15, -0.1) is 0 Å². The second-order valence-electron chi connectivity index (χ2n) is 3.30. The second kappa shape index (κ2) is 5.98. The predicted molar refractivity (Wildman–Crippen MR) is 60.1 cm³/mol. The molecule has 1 aromatic carbocycles. The Morgan fingerprint density at radius 3 is 2.53 bits per heavy atom. The molecule has 0 spiro atoms. The standard InChI is InChI=1S/C12H15NO2/c13-12(15)8-7-11-5-3-10(4-6-11)2-1-9-14/h3-8,14H,1-2,9H2,(H2,13,15). The Hall–Kier alpha value is -1.61. The molecule has 3 N–H and O–H groups in total. The molecule has 1 rings (SSSR count). The molecule has 0 fully saturated rings. The van der Waals surface area contributed by atoms with E-state index in [1.54, 1.807) is 6.08 Å². The molecule has 3 nitrogen and oxygen atoms in total. The fraction of sp³-hybridized carbons (Fsp3) is 0.250. The number of aryl methyl sites for hydroxylation is 1. The Balaban J connectivity index is 2.60. The van der Waals surface area contributed by atoms with Gasteiger partial charge in [0, 0.05) is 12.7 Å². The number of aliphatic hydroxyl groups is 1. The molecule has 80 valence electrons. The van der Waals surface area contributed by atoms with Gasteiger partial charge in [0.15, 0.2) is 0 Å². The predicted octanol–water partition coefficient (Wildman–Crippen LogP) is 1.11. The number of primary amides is 1. The minimum Gasteiger partial charge on any atom is -0.396 e. The first-order chi connectivity index (χ1) is 7.22. The zero-order valence-electron chi connectivity index (χ0n) is 8.52. The summed E-state index contributed by atoms with van der Waals surface area (Å²) in [6.45, 7) is 0.212. The summed E-state index contributed by atoms with van der Waals surface area (Å²) in [6, 6.07) is 7.81. The Bertz CT molecular complexity index is 341. The normalized spacial score (nSPS) is 10.7. The molecule has 0 saturated carbocycles. The quantitative estimate of drug-likeness (QED) is 0.707. The molecular formula is C12H15NO2. The number of hydrogen-bond acceptors (Lipinski definition) is 2. The largest absolute Gasteiger partial charge is 0.396 e. The monoisotopic (exact) mass is 205 g/mol. The van der Waals surface area contributed by atoms with E-state index in [2.05, 4.69) is 0 Å². The molecule has 0 aliphatic heterocycles. The average molecular weight is 205 g/mol. The number of carbonyl (C=O) groups excluding carboxylic acids is 1. The maximum atomic E-state index is 10.5. The van der Waals surface area contributed by atoms with Gasteiger partial charge < -0.3 is 10.8 Å². The Morgan fingerprint density at radius 2 is 2.00 bits per heavy atom. The van der Waals surface area contributed by atoms with Crippen molar-refractivity contribution < 1.29 is 9.90 Å². The fourth-order valence-electron chi connectivity index (χ4n) is 1.26. The Morgan fingerprint density at radius 1 is 1.33 bits per heavy atom. The van der Waals surface area contributed by atoms with E-state index in [0.29, 0.717) is 0 Å². The van der Waals surface area contributed by atoms with Crippen LogP contribution in [0.1, 0.15) is 17.5 Å². The van der Waals surface area contributed by atoms with Gasteiger partial charge in [-0.25, -0.2) is 0 Å². The van der Waals surface area contributed by atoms with Gasteiger partial charge in [0.25, 0.3) is 0 Å². The summed E-state index contributed by atoms with van der Waals surface area (Å²) in [6.07, 6.45) is 4.66. The van der Waals surface area contributed by atoms with Gasteiger partial charge in [-0.2, -0.15) is 0 Å². The van der Waals surface area contributed by atoms with Crippen molar-refractivity contribution in [2.45, 2.75) is 12.8 Å². The summed E-state index contributed by atoms with van der Waals surface area (Å²) >= 11 is 0. The number of rotatable bonds is 5. The fourth-order valence-corrected chi connectivity index (χ4v) is 1.26. The van der Waals surface area contributed by atoms with E-state index in [4.69, 9.17) is 10.8 Å². The molecule has 0 heterocycles. The van der Waals surface area contributed by atoms with E-state index in [9.17, 15) is 4.79 Å². The molecule has 15 heavy (non-hydrogen) atoms. The number of hydrogen-bond donors (Lipinski definition) is 2. The van der Waals surface area contributed by atoms with Crippen molar-refractivity contribution in [3.63, 3.8) is 0 Å². The van der Waals surface area contributed by atoms with Crippen LogP contribution in [0.4, 0.5) is 0 Å². The first-order valence-corrected chi connectivity index (χ1v) is 4.89. The van der Waals surface area contributed by atoms with E-state index in [0.717, 1.165) is 18.4 Å². The lowest BCUT2D eigenvalue weighted by molar-refractivity contribution is -0.113. The van der Waals surface area contributed by atoms with Gasteiger partial charge in [-0.3, -0.25) is 4.79 Å². The maximum absolute atomic E-state index is 10.5. The van der Waals surface area contributed by atoms with E-state index in [1.807, 2.05) is 24.3 Å². The number of benzene rings is 1. The van der Waals surface area contributed by atoms with Crippen LogP contribution in [0, 0.1) is 0 Å². The highest BCUT2D eigenvalue weighted by atomic mass is 16.2.